The summed E-state index contributed by atoms with van der Waals surface area (Å²) in [5.41, 5.74) is -1.94. The Bertz CT molecular complexity index is 1850. The molecule has 0 unspecified atom stereocenters. The first-order valence-electron chi connectivity index (χ1n) is 18.2. The highest BCUT2D eigenvalue weighted by Gasteiger charge is 2.51. The molecule has 1 N–H and O–H groups in total. The van der Waals surface area contributed by atoms with Crippen LogP contribution in [0.1, 0.15) is 124 Å². The van der Waals surface area contributed by atoms with Gasteiger partial charge in [0.2, 0.25) is 0 Å². The van der Waals surface area contributed by atoms with Gasteiger partial charge in [0.1, 0.15) is 29.4 Å². The van der Waals surface area contributed by atoms with Crippen molar-refractivity contribution < 1.29 is 32.2 Å². The molecule has 3 saturated carbocycles. The molecule has 3 aromatic rings. The normalized spacial score (nSPS) is 22.9. The van der Waals surface area contributed by atoms with E-state index in [1.807, 2.05) is 24.6 Å². The van der Waals surface area contributed by atoms with Gasteiger partial charge in [-0.1, -0.05) is 12.8 Å². The Labute approximate surface area is 302 Å². The van der Waals surface area contributed by atoms with E-state index in [1.54, 1.807) is 40.3 Å². The van der Waals surface area contributed by atoms with Crippen molar-refractivity contribution in [2.24, 2.45) is 7.05 Å². The van der Waals surface area contributed by atoms with Gasteiger partial charge in [0.05, 0.1) is 23.6 Å². The fourth-order valence-electron chi connectivity index (χ4n) is 8.36. The second-order valence-corrected chi connectivity index (χ2v) is 16.3. The van der Waals surface area contributed by atoms with Gasteiger partial charge < -0.3 is 19.4 Å². The maximum absolute atomic E-state index is 14.9. The number of methoxy groups -OCH3 is 1. The molecule has 0 spiro atoms. The van der Waals surface area contributed by atoms with Crippen molar-refractivity contribution in [3.63, 3.8) is 0 Å². The highest BCUT2D eigenvalue weighted by atomic mass is 19.4. The van der Waals surface area contributed by atoms with E-state index in [9.17, 15) is 22.8 Å². The summed E-state index contributed by atoms with van der Waals surface area (Å²) >= 11 is 0. The lowest BCUT2D eigenvalue weighted by atomic mass is 9.62. The Morgan fingerprint density at radius 2 is 1.79 bits per heavy atom. The van der Waals surface area contributed by atoms with Crippen LogP contribution in [0.2, 0.25) is 0 Å². The van der Waals surface area contributed by atoms with Gasteiger partial charge in [-0.05, 0) is 114 Å². The van der Waals surface area contributed by atoms with Gasteiger partial charge in [-0.2, -0.15) is 13.2 Å². The quantitative estimate of drug-likeness (QED) is 0.241. The van der Waals surface area contributed by atoms with Gasteiger partial charge in [-0.15, -0.1) is 10.2 Å². The smallest absolute Gasteiger partial charge is 0.416 e. The molecule has 280 valence electrons. The third-order valence-electron chi connectivity index (χ3n) is 11.4. The number of rotatable bonds is 9. The molecule has 4 aliphatic rings. The highest BCUT2D eigenvalue weighted by molar-refractivity contribution is 6.10. The molecule has 3 heterocycles. The predicted molar refractivity (Wildman–Crippen MR) is 188 cm³/mol. The van der Waals surface area contributed by atoms with Crippen molar-refractivity contribution in [3.05, 3.63) is 64.2 Å². The highest BCUT2D eigenvalue weighted by Crippen LogP contribution is 2.51. The second-order valence-electron chi connectivity index (χ2n) is 16.3. The lowest BCUT2D eigenvalue weighted by Crippen LogP contribution is -2.54. The average molecular weight is 724 g/mol. The molecular weight excluding hydrogens is 675 g/mol. The van der Waals surface area contributed by atoms with Gasteiger partial charge in [-0.3, -0.25) is 14.6 Å². The van der Waals surface area contributed by atoms with Crippen LogP contribution in [0.15, 0.2) is 30.6 Å². The first kappa shape index (κ1) is 36.2. The van der Waals surface area contributed by atoms with Crippen molar-refractivity contribution in [1.82, 2.24) is 24.6 Å². The molecule has 3 fully saturated rings. The molecule has 0 radical (unpaired) electrons. The summed E-state index contributed by atoms with van der Waals surface area (Å²) in [5.74, 6) is 0.978. The summed E-state index contributed by atoms with van der Waals surface area (Å²) in [5, 5.41) is 12.2. The van der Waals surface area contributed by atoms with Crippen molar-refractivity contribution in [3.8, 4) is 0 Å². The molecule has 1 aromatic carbocycles. The minimum Gasteiger partial charge on any atom is -0.444 e. The van der Waals surface area contributed by atoms with E-state index < -0.39 is 40.3 Å². The Morgan fingerprint density at radius 3 is 2.37 bits per heavy atom. The number of carbonyl (C=O) groups is 2. The van der Waals surface area contributed by atoms with Crippen molar-refractivity contribution >= 4 is 23.6 Å². The predicted octanol–water partition coefficient (Wildman–Crippen LogP) is 7.52. The third kappa shape index (κ3) is 6.62. The van der Waals surface area contributed by atoms with Crippen LogP contribution in [0.25, 0.3) is 0 Å². The van der Waals surface area contributed by atoms with Crippen LogP contribution in [0.3, 0.4) is 0 Å². The molecule has 52 heavy (non-hydrogen) atoms. The van der Waals surface area contributed by atoms with Crippen LogP contribution in [-0.4, -0.2) is 67.0 Å². The first-order chi connectivity index (χ1) is 24.5. The van der Waals surface area contributed by atoms with Gasteiger partial charge in [0.15, 0.2) is 0 Å². The number of halogens is 3. The Balaban J connectivity index is 1.28. The number of hydrogen-bond donors (Lipinski definition) is 1. The van der Waals surface area contributed by atoms with Crippen LogP contribution in [-0.2, 0) is 41.2 Å². The van der Waals surface area contributed by atoms with Crippen LogP contribution in [0, 0.1) is 0 Å². The Kier molecular flexibility index (Phi) is 9.06. The van der Waals surface area contributed by atoms with Crippen molar-refractivity contribution in [2.75, 3.05) is 17.3 Å². The van der Waals surface area contributed by atoms with Crippen LogP contribution in [0.5, 0.6) is 0 Å². The number of hydrogen-bond acceptors (Lipinski definition) is 8. The van der Waals surface area contributed by atoms with E-state index in [4.69, 9.17) is 14.5 Å². The number of pyridine rings is 1. The fourth-order valence-corrected chi connectivity index (χ4v) is 8.36. The van der Waals surface area contributed by atoms with Crippen molar-refractivity contribution in [2.45, 2.75) is 133 Å². The number of aryl methyl sites for hydroxylation is 1. The molecule has 7 rings (SSSR count). The summed E-state index contributed by atoms with van der Waals surface area (Å²) in [6.45, 7) is 6.76. The van der Waals surface area contributed by atoms with Gasteiger partial charge in [-0.25, -0.2) is 9.78 Å². The number of alkyl halides is 3. The van der Waals surface area contributed by atoms with E-state index in [0.717, 1.165) is 49.6 Å². The molecule has 0 atom stereocenters. The molecule has 0 saturated heterocycles. The monoisotopic (exact) mass is 723 g/mol. The zero-order valence-corrected chi connectivity index (χ0v) is 30.8. The van der Waals surface area contributed by atoms with E-state index >= 15 is 0 Å². The molecule has 0 bridgehead atoms. The maximum Gasteiger partial charge on any atom is 0.416 e. The number of anilines is 2. The lowest BCUT2D eigenvalue weighted by molar-refractivity contribution is -0.138. The molecular formula is C38H48F3N7O4. The number of nitrogens with zero attached hydrogens (tertiary/aromatic N) is 6. The molecule has 2 amide bonds. The summed E-state index contributed by atoms with van der Waals surface area (Å²) in [7, 11) is 3.55. The van der Waals surface area contributed by atoms with Gasteiger partial charge in [0.25, 0.3) is 5.91 Å². The standard InChI is InChI=1S/C38H48F3N7O4/c1-35(2,3)52-34(50)48(36(4)12-9-13-36)20-23-14-27-28(29(15-23)38(39,40)41)21-47(32(27)49)31-17-24(16-30(44-31)43-25-10-7-8-11-25)37(18-26(19-37)51-6)33-45-42-22-46(33)5/h14-17,22,25-26H,7-13,18-21H2,1-6H3,(H,43,44). The van der Waals surface area contributed by atoms with Crippen LogP contribution < -0.4 is 10.2 Å². The lowest BCUT2D eigenvalue weighted by Gasteiger charge is -2.47. The number of fused-ring (bicyclic) bond motifs is 1. The SMILES string of the molecule is COC1CC(c2cc(NC3CCCC3)nc(N3Cc4c(cc(CN(C(=O)OC(C)(C)C)C5(C)CCC5)cc4C(F)(F)F)C3=O)c2)(c2nncn2C)C1. The van der Waals surface area contributed by atoms with Crippen LogP contribution >= 0.6 is 0 Å². The topological polar surface area (TPSA) is 115 Å². The van der Waals surface area contributed by atoms with Crippen molar-refractivity contribution in [1.29, 1.82) is 0 Å². The van der Waals surface area contributed by atoms with Gasteiger partial charge in [0, 0.05) is 37.8 Å². The summed E-state index contributed by atoms with van der Waals surface area (Å²) < 4.78 is 57.8. The van der Waals surface area contributed by atoms with E-state index in [0.29, 0.717) is 31.5 Å². The number of carbonyl (C=O) groups excluding carboxylic acids is 2. The minimum absolute atomic E-state index is 0.0209. The zero-order valence-electron chi connectivity index (χ0n) is 30.8. The number of nitrogens with one attached hydrogen (secondary N) is 1. The minimum atomic E-state index is -4.74. The Morgan fingerprint density at radius 1 is 1.08 bits per heavy atom. The summed E-state index contributed by atoms with van der Waals surface area (Å²) in [4.78, 5) is 35.5. The molecule has 2 aromatic heterocycles. The fraction of sp³-hybridized carbons (Fsp3) is 0.605. The maximum atomic E-state index is 14.9. The number of ether oxygens (including phenoxy) is 2. The largest absolute Gasteiger partial charge is 0.444 e. The summed E-state index contributed by atoms with van der Waals surface area (Å²) in [6, 6.07) is 6.56. The molecule has 11 nitrogen and oxygen atoms in total. The second kappa shape index (κ2) is 13.0. The Hall–Kier alpha value is -4.20. The number of benzene rings is 1. The van der Waals surface area contributed by atoms with E-state index in [2.05, 4.69) is 15.5 Å². The third-order valence-corrected chi connectivity index (χ3v) is 11.4. The van der Waals surface area contributed by atoms with E-state index in [1.165, 1.54) is 15.9 Å². The van der Waals surface area contributed by atoms with E-state index in [-0.39, 0.29) is 47.7 Å². The molecule has 14 heteroatoms. The summed E-state index contributed by atoms with van der Waals surface area (Å²) in [6.07, 6.45) is 3.97. The number of amides is 2. The molecule has 1 aliphatic heterocycles. The zero-order chi connectivity index (χ0) is 37.2. The average Bonchev–Trinajstić information content (AvgIpc) is 3.78. The van der Waals surface area contributed by atoms with Gasteiger partial charge >= 0.3 is 12.3 Å². The van der Waals surface area contributed by atoms with Crippen LogP contribution in [0.4, 0.5) is 29.6 Å². The number of aromatic nitrogens is 4. The first-order valence-corrected chi connectivity index (χ1v) is 18.2. The molecule has 3 aliphatic carbocycles.